The quantitative estimate of drug-likeness (QED) is 0.896. The van der Waals surface area contributed by atoms with E-state index in [2.05, 4.69) is 41.5 Å². The first-order valence-corrected chi connectivity index (χ1v) is 7.53. The van der Waals surface area contributed by atoms with Crippen molar-refractivity contribution in [2.75, 3.05) is 46.4 Å². The van der Waals surface area contributed by atoms with Crippen LogP contribution in [-0.2, 0) is 15.9 Å². The first kappa shape index (κ1) is 14.0. The molecule has 1 N–H and O–H groups in total. The minimum atomic E-state index is 0.196. The first-order valence-electron chi connectivity index (χ1n) is 7.53. The largest absolute Gasteiger partial charge is 0.374 e. The lowest BCUT2D eigenvalue weighted by Crippen LogP contribution is -2.45. The number of nitrogens with zero attached hydrogens (tertiary/aromatic N) is 1. The zero-order valence-electron chi connectivity index (χ0n) is 12.2. The molecule has 4 heteroatoms. The summed E-state index contributed by atoms with van der Waals surface area (Å²) in [5.74, 6) is 0. The molecule has 2 atom stereocenters. The van der Waals surface area contributed by atoms with Crippen LogP contribution in [0.4, 0.5) is 0 Å². The Morgan fingerprint density at radius 2 is 2.10 bits per heavy atom. The van der Waals surface area contributed by atoms with Crippen LogP contribution < -0.4 is 5.32 Å². The molecule has 2 unspecified atom stereocenters. The van der Waals surface area contributed by atoms with Gasteiger partial charge in [0.05, 0.1) is 25.4 Å². The molecule has 0 spiro atoms. The Balaban J connectivity index is 1.57. The van der Waals surface area contributed by atoms with Gasteiger partial charge in [0, 0.05) is 26.2 Å². The van der Waals surface area contributed by atoms with Crippen molar-refractivity contribution in [3.8, 4) is 0 Å². The average molecular weight is 276 g/mol. The maximum atomic E-state index is 5.97. The predicted molar refractivity (Wildman–Crippen MR) is 78.9 cm³/mol. The third-order valence-electron chi connectivity index (χ3n) is 4.09. The summed E-state index contributed by atoms with van der Waals surface area (Å²) in [6, 6.07) is 8.64. The Kier molecular flexibility index (Phi) is 4.68. The van der Waals surface area contributed by atoms with E-state index in [0.717, 1.165) is 45.8 Å². The van der Waals surface area contributed by atoms with Gasteiger partial charge < -0.3 is 19.7 Å². The van der Waals surface area contributed by atoms with Crippen LogP contribution in [0.1, 0.15) is 17.2 Å². The number of hydrogen-bond donors (Lipinski definition) is 1. The van der Waals surface area contributed by atoms with Gasteiger partial charge in [-0.25, -0.2) is 0 Å². The van der Waals surface area contributed by atoms with Crippen LogP contribution in [0, 0.1) is 0 Å². The van der Waals surface area contributed by atoms with Crippen LogP contribution in [-0.4, -0.2) is 57.4 Å². The summed E-state index contributed by atoms with van der Waals surface area (Å²) in [6.45, 7) is 5.45. The topological polar surface area (TPSA) is 33.7 Å². The van der Waals surface area contributed by atoms with E-state index in [1.165, 1.54) is 11.1 Å². The smallest absolute Gasteiger partial charge is 0.0954 e. The predicted octanol–water partition coefficient (Wildman–Crippen LogP) is 1.22. The van der Waals surface area contributed by atoms with Crippen molar-refractivity contribution < 1.29 is 9.47 Å². The summed E-state index contributed by atoms with van der Waals surface area (Å²) in [5, 5.41) is 3.38. The van der Waals surface area contributed by atoms with Crippen LogP contribution in [0.15, 0.2) is 24.3 Å². The molecule has 1 aromatic rings. The molecule has 0 amide bonds. The molecule has 0 radical (unpaired) electrons. The highest BCUT2D eigenvalue weighted by Crippen LogP contribution is 2.27. The number of likely N-dealkylation sites (N-methyl/N-ethyl adjacent to an activating group) is 1. The lowest BCUT2D eigenvalue weighted by molar-refractivity contribution is -0.0138. The first-order chi connectivity index (χ1) is 9.83. The molecule has 1 fully saturated rings. The number of ether oxygens (including phenoxy) is 2. The van der Waals surface area contributed by atoms with Crippen LogP contribution in [0.3, 0.4) is 0 Å². The van der Waals surface area contributed by atoms with Gasteiger partial charge in [0.15, 0.2) is 0 Å². The highest BCUT2D eigenvalue weighted by atomic mass is 16.5. The molecule has 0 aliphatic carbocycles. The van der Waals surface area contributed by atoms with Gasteiger partial charge in [-0.2, -0.15) is 0 Å². The Morgan fingerprint density at radius 1 is 1.20 bits per heavy atom. The Morgan fingerprint density at radius 3 is 2.95 bits per heavy atom. The van der Waals surface area contributed by atoms with Gasteiger partial charge in [-0.3, -0.25) is 0 Å². The van der Waals surface area contributed by atoms with Crippen molar-refractivity contribution in [3.05, 3.63) is 35.4 Å². The summed E-state index contributed by atoms with van der Waals surface area (Å²) in [6.07, 6.45) is 1.53. The molecule has 2 aliphatic rings. The van der Waals surface area contributed by atoms with Crippen LogP contribution >= 0.6 is 0 Å². The Labute approximate surface area is 121 Å². The summed E-state index contributed by atoms with van der Waals surface area (Å²) >= 11 is 0. The molecule has 110 valence electrons. The number of morpholine rings is 1. The van der Waals surface area contributed by atoms with Gasteiger partial charge in [-0.05, 0) is 24.6 Å². The molecule has 2 heterocycles. The standard InChI is InChI=1S/C16H24N2O2/c1-18(11-14-10-17-7-9-19-14)12-16-15-5-3-2-4-13(15)6-8-20-16/h2-5,14,16-17H,6-12H2,1H3. The average Bonchev–Trinajstić information content (AvgIpc) is 2.48. The van der Waals surface area contributed by atoms with E-state index in [0.29, 0.717) is 6.10 Å². The molecule has 0 aromatic heterocycles. The summed E-state index contributed by atoms with van der Waals surface area (Å²) in [5.41, 5.74) is 2.79. The van der Waals surface area contributed by atoms with Crippen molar-refractivity contribution in [1.29, 1.82) is 0 Å². The molecule has 1 aromatic carbocycles. The second-order valence-corrected chi connectivity index (χ2v) is 5.73. The zero-order chi connectivity index (χ0) is 13.8. The van der Waals surface area contributed by atoms with E-state index in [-0.39, 0.29) is 6.10 Å². The van der Waals surface area contributed by atoms with Crippen LogP contribution in [0.5, 0.6) is 0 Å². The van der Waals surface area contributed by atoms with Gasteiger partial charge in [0.2, 0.25) is 0 Å². The third kappa shape index (κ3) is 3.38. The number of rotatable bonds is 4. The zero-order valence-corrected chi connectivity index (χ0v) is 12.2. The lowest BCUT2D eigenvalue weighted by atomic mass is 9.97. The van der Waals surface area contributed by atoms with Crippen LogP contribution in [0.2, 0.25) is 0 Å². The highest BCUT2D eigenvalue weighted by molar-refractivity contribution is 5.31. The number of hydrogen-bond acceptors (Lipinski definition) is 4. The van der Waals surface area contributed by atoms with Gasteiger partial charge in [-0.1, -0.05) is 24.3 Å². The molecular weight excluding hydrogens is 252 g/mol. The van der Waals surface area contributed by atoms with Crippen molar-refractivity contribution in [3.63, 3.8) is 0 Å². The monoisotopic (exact) mass is 276 g/mol. The Hall–Kier alpha value is -0.940. The van der Waals surface area contributed by atoms with Crippen molar-refractivity contribution in [2.24, 2.45) is 0 Å². The third-order valence-corrected chi connectivity index (χ3v) is 4.09. The SMILES string of the molecule is CN(CC1CNCCO1)CC1OCCc2ccccc21. The fraction of sp³-hybridized carbons (Fsp3) is 0.625. The van der Waals surface area contributed by atoms with Crippen molar-refractivity contribution in [2.45, 2.75) is 18.6 Å². The number of nitrogens with one attached hydrogen (secondary N) is 1. The second-order valence-electron chi connectivity index (χ2n) is 5.73. The molecule has 3 rings (SSSR count). The summed E-state index contributed by atoms with van der Waals surface area (Å²) in [7, 11) is 2.15. The van der Waals surface area contributed by atoms with Gasteiger partial charge >= 0.3 is 0 Å². The molecule has 20 heavy (non-hydrogen) atoms. The van der Waals surface area contributed by atoms with Gasteiger partial charge in [-0.15, -0.1) is 0 Å². The van der Waals surface area contributed by atoms with E-state index in [9.17, 15) is 0 Å². The van der Waals surface area contributed by atoms with Crippen LogP contribution in [0.25, 0.3) is 0 Å². The van der Waals surface area contributed by atoms with Gasteiger partial charge in [0.1, 0.15) is 0 Å². The van der Waals surface area contributed by atoms with E-state index >= 15 is 0 Å². The Bertz CT molecular complexity index is 432. The molecule has 0 bridgehead atoms. The van der Waals surface area contributed by atoms with E-state index < -0.39 is 0 Å². The molecular formula is C16H24N2O2. The van der Waals surface area contributed by atoms with Crippen molar-refractivity contribution in [1.82, 2.24) is 10.2 Å². The molecule has 1 saturated heterocycles. The van der Waals surface area contributed by atoms with Gasteiger partial charge in [0.25, 0.3) is 0 Å². The van der Waals surface area contributed by atoms with E-state index in [1.807, 2.05) is 0 Å². The molecule has 4 nitrogen and oxygen atoms in total. The number of benzene rings is 1. The summed E-state index contributed by atoms with van der Waals surface area (Å²) in [4.78, 5) is 2.32. The van der Waals surface area contributed by atoms with E-state index in [1.54, 1.807) is 0 Å². The molecule has 0 saturated carbocycles. The number of fused-ring (bicyclic) bond motifs is 1. The maximum Gasteiger partial charge on any atom is 0.0954 e. The fourth-order valence-corrected chi connectivity index (χ4v) is 3.07. The lowest BCUT2D eigenvalue weighted by Gasteiger charge is -2.32. The second kappa shape index (κ2) is 6.68. The fourth-order valence-electron chi connectivity index (χ4n) is 3.07. The minimum Gasteiger partial charge on any atom is -0.374 e. The minimum absolute atomic E-state index is 0.196. The normalized spacial score (nSPS) is 26.5. The van der Waals surface area contributed by atoms with Crippen molar-refractivity contribution >= 4 is 0 Å². The molecule has 2 aliphatic heterocycles. The van der Waals surface area contributed by atoms with E-state index in [4.69, 9.17) is 9.47 Å². The summed E-state index contributed by atoms with van der Waals surface area (Å²) < 4.78 is 11.7. The highest BCUT2D eigenvalue weighted by Gasteiger charge is 2.23. The maximum absolute atomic E-state index is 5.97.